The number of nitrogens with one attached hydrogen (secondary N) is 1. The summed E-state index contributed by atoms with van der Waals surface area (Å²) >= 11 is 6.08. The molecule has 2 aromatic carbocycles. The molecule has 8 nitrogen and oxygen atoms in total. The number of amides is 1. The highest BCUT2D eigenvalue weighted by molar-refractivity contribution is 6.30. The highest BCUT2D eigenvalue weighted by atomic mass is 35.5. The molecule has 0 aliphatic heterocycles. The van der Waals surface area contributed by atoms with E-state index in [1.165, 1.54) is 4.68 Å². The molecule has 0 aliphatic rings. The van der Waals surface area contributed by atoms with Crippen molar-refractivity contribution in [3.05, 3.63) is 106 Å². The summed E-state index contributed by atoms with van der Waals surface area (Å²) < 4.78 is 4.72. The van der Waals surface area contributed by atoms with E-state index in [0.717, 1.165) is 11.3 Å². The normalized spacial score (nSPS) is 12.1. The molecule has 0 fully saturated rings. The fourth-order valence-corrected chi connectivity index (χ4v) is 4.22. The van der Waals surface area contributed by atoms with Crippen LogP contribution in [0.1, 0.15) is 24.2 Å². The van der Waals surface area contributed by atoms with Crippen molar-refractivity contribution in [2.24, 2.45) is 0 Å². The third-order valence-corrected chi connectivity index (χ3v) is 6.07. The molecule has 0 radical (unpaired) electrons. The van der Waals surface area contributed by atoms with Gasteiger partial charge in [0, 0.05) is 17.4 Å². The molecule has 0 bridgehead atoms. The third-order valence-electron chi connectivity index (χ3n) is 5.81. The summed E-state index contributed by atoms with van der Waals surface area (Å²) in [4.78, 5) is 26.4. The third kappa shape index (κ3) is 4.36. The number of rotatable bonds is 6. The number of hydrogen-bond acceptors (Lipinski definition) is 4. The van der Waals surface area contributed by atoms with Gasteiger partial charge in [-0.15, -0.1) is 0 Å². The largest absolute Gasteiger partial charge is 0.348 e. The maximum absolute atomic E-state index is 13.6. The average Bonchev–Trinajstić information content (AvgIpc) is 3.52. The Morgan fingerprint density at radius 1 is 1.00 bits per heavy atom. The van der Waals surface area contributed by atoms with Gasteiger partial charge < -0.3 is 9.88 Å². The lowest BCUT2D eigenvalue weighted by atomic mass is 10.1. The summed E-state index contributed by atoms with van der Waals surface area (Å²) in [6, 6.07) is 20.4. The highest BCUT2D eigenvalue weighted by Gasteiger charge is 2.22. The molecule has 5 rings (SSSR count). The molecule has 35 heavy (non-hydrogen) atoms. The van der Waals surface area contributed by atoms with Crippen LogP contribution in [0.4, 0.5) is 0 Å². The van der Waals surface area contributed by atoms with Crippen molar-refractivity contribution < 1.29 is 4.79 Å². The standard InChI is InChI=1S/C26H23ClN6O2/c1-17(19-8-4-3-5-9-19)28-22(34)16-32-26(35)23-24(18(2)29-32)30-33(21-12-10-20(27)11-13-21)25(23)31-14-6-7-15-31/h3-15,17H,16H2,1-2H3,(H,28,34). The second-order valence-corrected chi connectivity index (χ2v) is 8.71. The Kier molecular flexibility index (Phi) is 5.96. The molecule has 5 aromatic rings. The Morgan fingerprint density at radius 2 is 1.69 bits per heavy atom. The topological polar surface area (TPSA) is 86.7 Å². The van der Waals surface area contributed by atoms with Crippen LogP contribution in [0.3, 0.4) is 0 Å². The van der Waals surface area contributed by atoms with Crippen LogP contribution in [0, 0.1) is 6.92 Å². The van der Waals surface area contributed by atoms with Gasteiger partial charge in [0.1, 0.15) is 17.4 Å². The monoisotopic (exact) mass is 486 g/mol. The predicted octanol–water partition coefficient (Wildman–Crippen LogP) is 4.21. The molecule has 0 saturated carbocycles. The Morgan fingerprint density at radius 3 is 2.37 bits per heavy atom. The maximum Gasteiger partial charge on any atom is 0.280 e. The van der Waals surface area contributed by atoms with Crippen molar-refractivity contribution in [1.29, 1.82) is 0 Å². The van der Waals surface area contributed by atoms with Crippen LogP contribution < -0.4 is 10.9 Å². The molecule has 0 spiro atoms. The quantitative estimate of drug-likeness (QED) is 0.389. The van der Waals surface area contributed by atoms with Gasteiger partial charge >= 0.3 is 0 Å². The van der Waals surface area contributed by atoms with Crippen LogP contribution in [0.25, 0.3) is 22.4 Å². The molecule has 1 atom stereocenters. The average molecular weight is 487 g/mol. The lowest BCUT2D eigenvalue weighted by Gasteiger charge is -2.15. The molecule has 176 valence electrons. The zero-order valence-electron chi connectivity index (χ0n) is 19.2. The van der Waals surface area contributed by atoms with Crippen molar-refractivity contribution in [2.45, 2.75) is 26.4 Å². The van der Waals surface area contributed by atoms with E-state index in [1.807, 2.05) is 78.5 Å². The highest BCUT2D eigenvalue weighted by Crippen LogP contribution is 2.25. The number of aryl methyl sites for hydroxylation is 1. The SMILES string of the molecule is Cc1nn(CC(=O)NC(C)c2ccccc2)c(=O)c2c(-n3cccc3)n(-c3ccc(Cl)cc3)nc12. The summed E-state index contributed by atoms with van der Waals surface area (Å²) in [5.74, 6) is 0.261. The van der Waals surface area contributed by atoms with E-state index in [9.17, 15) is 9.59 Å². The van der Waals surface area contributed by atoms with Crippen molar-refractivity contribution >= 4 is 28.4 Å². The van der Waals surface area contributed by atoms with Crippen LogP contribution in [0.5, 0.6) is 0 Å². The number of carbonyl (C=O) groups is 1. The van der Waals surface area contributed by atoms with Gasteiger partial charge in [0.15, 0.2) is 5.82 Å². The smallest absolute Gasteiger partial charge is 0.280 e. The van der Waals surface area contributed by atoms with Crippen LogP contribution in [0.15, 0.2) is 83.9 Å². The van der Waals surface area contributed by atoms with Crippen LogP contribution >= 0.6 is 11.6 Å². The Bertz CT molecular complexity index is 1550. The van der Waals surface area contributed by atoms with E-state index < -0.39 is 5.56 Å². The minimum atomic E-state index is -0.392. The first-order chi connectivity index (χ1) is 16.9. The van der Waals surface area contributed by atoms with Crippen LogP contribution in [-0.2, 0) is 11.3 Å². The van der Waals surface area contributed by atoms with Gasteiger partial charge in [0.25, 0.3) is 5.56 Å². The number of benzene rings is 2. The second-order valence-electron chi connectivity index (χ2n) is 8.27. The van der Waals surface area contributed by atoms with Gasteiger partial charge in [-0.05, 0) is 55.8 Å². The van der Waals surface area contributed by atoms with Crippen molar-refractivity contribution in [3.8, 4) is 11.5 Å². The summed E-state index contributed by atoms with van der Waals surface area (Å²) in [6.07, 6.45) is 3.69. The van der Waals surface area contributed by atoms with Gasteiger partial charge in [-0.25, -0.2) is 9.36 Å². The number of fused-ring (bicyclic) bond motifs is 1. The Hall–Kier alpha value is -4.17. The van der Waals surface area contributed by atoms with E-state index in [0.29, 0.717) is 27.4 Å². The van der Waals surface area contributed by atoms with E-state index in [4.69, 9.17) is 16.7 Å². The molecular formula is C26H23ClN6O2. The first kappa shape index (κ1) is 22.6. The Labute approximate surface area is 206 Å². The predicted molar refractivity (Wildman–Crippen MR) is 135 cm³/mol. The molecule has 3 aromatic heterocycles. The molecule has 1 N–H and O–H groups in total. The number of carbonyl (C=O) groups excluding carboxylic acids is 1. The lowest BCUT2D eigenvalue weighted by Crippen LogP contribution is -2.35. The van der Waals surface area contributed by atoms with Crippen molar-refractivity contribution in [2.75, 3.05) is 0 Å². The zero-order chi connectivity index (χ0) is 24.5. The first-order valence-electron chi connectivity index (χ1n) is 11.2. The van der Waals surface area contributed by atoms with Gasteiger partial charge in [-0.2, -0.15) is 10.2 Å². The van der Waals surface area contributed by atoms with Gasteiger partial charge in [-0.3, -0.25) is 9.59 Å². The van der Waals surface area contributed by atoms with Gasteiger partial charge in [0.05, 0.1) is 17.4 Å². The number of hydrogen-bond donors (Lipinski definition) is 1. The van der Waals surface area contributed by atoms with Crippen LogP contribution in [0.2, 0.25) is 5.02 Å². The zero-order valence-corrected chi connectivity index (χ0v) is 20.0. The number of nitrogens with zero attached hydrogens (tertiary/aromatic N) is 5. The van der Waals surface area contributed by atoms with E-state index in [-0.39, 0.29) is 18.5 Å². The Balaban J connectivity index is 1.58. The van der Waals surface area contributed by atoms with Crippen molar-refractivity contribution in [3.63, 3.8) is 0 Å². The molecule has 0 saturated heterocycles. The molecular weight excluding hydrogens is 464 g/mol. The minimum Gasteiger partial charge on any atom is -0.348 e. The summed E-state index contributed by atoms with van der Waals surface area (Å²) in [5, 5.41) is 13.0. The summed E-state index contributed by atoms with van der Waals surface area (Å²) in [7, 11) is 0. The first-order valence-corrected chi connectivity index (χ1v) is 11.5. The van der Waals surface area contributed by atoms with Crippen LogP contribution in [-0.4, -0.2) is 30.0 Å². The fourth-order valence-electron chi connectivity index (χ4n) is 4.09. The fraction of sp³-hybridized carbons (Fsp3) is 0.154. The second kappa shape index (κ2) is 9.23. The summed E-state index contributed by atoms with van der Waals surface area (Å²) in [5.41, 5.74) is 2.35. The molecule has 9 heteroatoms. The molecule has 1 unspecified atom stereocenters. The molecule has 3 heterocycles. The number of halogens is 1. The molecule has 1 amide bonds. The van der Waals surface area contributed by atoms with Crippen molar-refractivity contribution in [1.82, 2.24) is 29.4 Å². The van der Waals surface area contributed by atoms with E-state index in [2.05, 4.69) is 10.4 Å². The number of aromatic nitrogens is 5. The van der Waals surface area contributed by atoms with E-state index >= 15 is 0 Å². The van der Waals surface area contributed by atoms with E-state index in [1.54, 1.807) is 23.7 Å². The van der Waals surface area contributed by atoms with Gasteiger partial charge in [-0.1, -0.05) is 41.9 Å². The minimum absolute atomic E-state index is 0.202. The summed E-state index contributed by atoms with van der Waals surface area (Å²) in [6.45, 7) is 3.48. The lowest BCUT2D eigenvalue weighted by molar-refractivity contribution is -0.122. The molecule has 0 aliphatic carbocycles. The van der Waals surface area contributed by atoms with Gasteiger partial charge in [0.2, 0.25) is 5.91 Å². The maximum atomic E-state index is 13.6.